The van der Waals surface area contributed by atoms with Crippen molar-refractivity contribution in [3.05, 3.63) is 35.6 Å². The molecule has 1 unspecified atom stereocenters. The molecule has 1 fully saturated rings. The van der Waals surface area contributed by atoms with Gasteiger partial charge in [0.15, 0.2) is 0 Å². The summed E-state index contributed by atoms with van der Waals surface area (Å²) in [7, 11) is 1.37. The van der Waals surface area contributed by atoms with Crippen LogP contribution in [0.2, 0.25) is 0 Å². The van der Waals surface area contributed by atoms with E-state index in [0.717, 1.165) is 5.56 Å². The molecule has 0 spiro atoms. The van der Waals surface area contributed by atoms with Crippen molar-refractivity contribution in [2.45, 2.75) is 26.2 Å². The van der Waals surface area contributed by atoms with Gasteiger partial charge in [-0.15, -0.1) is 0 Å². The number of halogens is 1. The highest BCUT2D eigenvalue weighted by molar-refractivity contribution is 5.81. The number of amides is 1. The minimum Gasteiger partial charge on any atom is -0.469 e. The molecule has 114 valence electrons. The Bertz CT molecular complexity index is 529. The summed E-state index contributed by atoms with van der Waals surface area (Å²) in [6.07, 6.45) is 1.56. The predicted molar refractivity (Wildman–Crippen MR) is 76.0 cm³/mol. The first kappa shape index (κ1) is 15.5. The largest absolute Gasteiger partial charge is 0.469 e. The number of nitrogens with zero attached hydrogens (tertiary/aromatic N) is 1. The Hall–Kier alpha value is -1.91. The van der Waals surface area contributed by atoms with Gasteiger partial charge >= 0.3 is 5.97 Å². The zero-order chi connectivity index (χ0) is 15.5. The fourth-order valence-corrected chi connectivity index (χ4v) is 2.65. The molecule has 1 amide bonds. The predicted octanol–water partition coefficient (Wildman–Crippen LogP) is 2.17. The van der Waals surface area contributed by atoms with Crippen molar-refractivity contribution in [1.29, 1.82) is 0 Å². The highest BCUT2D eigenvalue weighted by Gasteiger charge is 2.42. The molecule has 0 aliphatic carbocycles. The van der Waals surface area contributed by atoms with E-state index in [1.807, 2.05) is 6.92 Å². The van der Waals surface area contributed by atoms with E-state index < -0.39 is 5.41 Å². The number of carbonyl (C=O) groups excluding carboxylic acids is 2. The Kier molecular flexibility index (Phi) is 4.60. The van der Waals surface area contributed by atoms with Crippen molar-refractivity contribution >= 4 is 11.9 Å². The van der Waals surface area contributed by atoms with Crippen molar-refractivity contribution in [2.75, 3.05) is 20.2 Å². The SMILES string of the molecule is COC(=O)C1(C)CCN(C(=O)CCc2ccc(F)cc2)C1. The molecule has 0 aromatic heterocycles. The Morgan fingerprint density at radius 2 is 2.00 bits per heavy atom. The Morgan fingerprint density at radius 3 is 2.62 bits per heavy atom. The molecule has 0 N–H and O–H groups in total. The first-order chi connectivity index (χ1) is 9.94. The molecule has 4 nitrogen and oxygen atoms in total. The quantitative estimate of drug-likeness (QED) is 0.799. The van der Waals surface area contributed by atoms with Crippen LogP contribution in [-0.4, -0.2) is 37.0 Å². The first-order valence-electron chi connectivity index (χ1n) is 7.05. The van der Waals surface area contributed by atoms with Crippen molar-refractivity contribution in [2.24, 2.45) is 5.41 Å². The van der Waals surface area contributed by atoms with E-state index >= 15 is 0 Å². The molecule has 5 heteroatoms. The van der Waals surface area contributed by atoms with Crippen molar-refractivity contribution in [3.8, 4) is 0 Å². The molecule has 0 bridgehead atoms. The Labute approximate surface area is 123 Å². The molecule has 1 saturated heterocycles. The van der Waals surface area contributed by atoms with E-state index in [0.29, 0.717) is 32.4 Å². The van der Waals surface area contributed by atoms with E-state index in [9.17, 15) is 14.0 Å². The monoisotopic (exact) mass is 293 g/mol. The number of hydrogen-bond donors (Lipinski definition) is 0. The standard InChI is InChI=1S/C16H20FNO3/c1-16(15(20)21-2)9-10-18(11-16)14(19)8-5-12-3-6-13(17)7-4-12/h3-4,6-7H,5,8-11H2,1-2H3. The fourth-order valence-electron chi connectivity index (χ4n) is 2.65. The van der Waals surface area contributed by atoms with Gasteiger partial charge in [-0.25, -0.2) is 4.39 Å². The van der Waals surface area contributed by atoms with E-state index in [1.54, 1.807) is 17.0 Å². The molecular weight excluding hydrogens is 273 g/mol. The lowest BCUT2D eigenvalue weighted by Gasteiger charge is -2.21. The second-order valence-electron chi connectivity index (χ2n) is 5.74. The molecule has 0 radical (unpaired) electrons. The van der Waals surface area contributed by atoms with Crippen LogP contribution in [0.3, 0.4) is 0 Å². The fraction of sp³-hybridized carbons (Fsp3) is 0.500. The molecule has 0 saturated carbocycles. The molecule has 1 aliphatic rings. The third-order valence-corrected chi connectivity index (χ3v) is 4.05. The lowest BCUT2D eigenvalue weighted by Crippen LogP contribution is -2.35. The smallest absolute Gasteiger partial charge is 0.313 e. The highest BCUT2D eigenvalue weighted by atomic mass is 19.1. The highest BCUT2D eigenvalue weighted by Crippen LogP contribution is 2.31. The van der Waals surface area contributed by atoms with Crippen LogP contribution in [-0.2, 0) is 20.7 Å². The van der Waals surface area contributed by atoms with E-state index in [4.69, 9.17) is 4.74 Å². The summed E-state index contributed by atoms with van der Waals surface area (Å²) in [5.41, 5.74) is 0.333. The average Bonchev–Trinajstić information content (AvgIpc) is 2.89. The second-order valence-corrected chi connectivity index (χ2v) is 5.74. The molecule has 1 aromatic rings. The topological polar surface area (TPSA) is 46.6 Å². The van der Waals surface area contributed by atoms with Gasteiger partial charge in [0.25, 0.3) is 0 Å². The van der Waals surface area contributed by atoms with Gasteiger partial charge in [0.1, 0.15) is 5.82 Å². The van der Waals surface area contributed by atoms with E-state index in [2.05, 4.69) is 0 Å². The third-order valence-electron chi connectivity index (χ3n) is 4.05. The normalized spacial score (nSPS) is 21.4. The molecule has 1 aromatic carbocycles. The number of esters is 1. The number of carbonyl (C=O) groups is 2. The zero-order valence-electron chi connectivity index (χ0n) is 12.4. The van der Waals surface area contributed by atoms with Crippen LogP contribution in [0.15, 0.2) is 24.3 Å². The van der Waals surface area contributed by atoms with Gasteiger partial charge in [-0.2, -0.15) is 0 Å². The molecule has 1 atom stereocenters. The van der Waals surface area contributed by atoms with Crippen molar-refractivity contribution in [1.82, 2.24) is 4.90 Å². The number of benzene rings is 1. The van der Waals surface area contributed by atoms with Gasteiger partial charge in [-0.3, -0.25) is 9.59 Å². The van der Waals surface area contributed by atoms with Gasteiger partial charge in [-0.1, -0.05) is 12.1 Å². The minimum absolute atomic E-state index is 0.0203. The van der Waals surface area contributed by atoms with Crippen LogP contribution in [0.4, 0.5) is 4.39 Å². The summed E-state index contributed by atoms with van der Waals surface area (Å²) in [6, 6.07) is 6.16. The first-order valence-corrected chi connectivity index (χ1v) is 7.05. The summed E-state index contributed by atoms with van der Waals surface area (Å²) in [6.45, 7) is 2.81. The number of hydrogen-bond acceptors (Lipinski definition) is 3. The minimum atomic E-state index is -0.597. The second kappa shape index (κ2) is 6.24. The summed E-state index contributed by atoms with van der Waals surface area (Å²) in [4.78, 5) is 25.6. The Morgan fingerprint density at radius 1 is 1.33 bits per heavy atom. The maximum absolute atomic E-state index is 12.8. The van der Waals surface area contributed by atoms with Gasteiger partial charge < -0.3 is 9.64 Å². The molecule has 21 heavy (non-hydrogen) atoms. The summed E-state index contributed by atoms with van der Waals surface area (Å²) in [5.74, 6) is -0.526. The van der Waals surface area contributed by atoms with Gasteiger partial charge in [0.05, 0.1) is 12.5 Å². The summed E-state index contributed by atoms with van der Waals surface area (Å²) >= 11 is 0. The molecule has 1 heterocycles. The number of rotatable bonds is 4. The average molecular weight is 293 g/mol. The lowest BCUT2D eigenvalue weighted by atomic mass is 9.90. The maximum Gasteiger partial charge on any atom is 0.313 e. The number of aryl methyl sites for hydroxylation is 1. The van der Waals surface area contributed by atoms with Crippen molar-refractivity contribution in [3.63, 3.8) is 0 Å². The molecule has 1 aliphatic heterocycles. The third kappa shape index (κ3) is 3.60. The van der Waals surface area contributed by atoms with Gasteiger partial charge in [0.2, 0.25) is 5.91 Å². The molecule has 2 rings (SSSR count). The number of methoxy groups -OCH3 is 1. The van der Waals surface area contributed by atoms with Crippen LogP contribution >= 0.6 is 0 Å². The Balaban J connectivity index is 1.87. The van der Waals surface area contributed by atoms with Crippen LogP contribution in [0.25, 0.3) is 0 Å². The van der Waals surface area contributed by atoms with Crippen LogP contribution in [0.1, 0.15) is 25.3 Å². The number of ether oxygens (including phenoxy) is 1. The van der Waals surface area contributed by atoms with Crippen LogP contribution < -0.4 is 0 Å². The van der Waals surface area contributed by atoms with Gasteiger partial charge in [-0.05, 0) is 37.5 Å². The van der Waals surface area contributed by atoms with Crippen molar-refractivity contribution < 1.29 is 18.7 Å². The van der Waals surface area contributed by atoms with Gasteiger partial charge in [0, 0.05) is 19.5 Å². The van der Waals surface area contributed by atoms with E-state index in [1.165, 1.54) is 19.2 Å². The lowest BCUT2D eigenvalue weighted by molar-refractivity contribution is -0.151. The number of likely N-dealkylation sites (tertiary alicyclic amines) is 1. The molecular formula is C16H20FNO3. The van der Waals surface area contributed by atoms with Crippen LogP contribution in [0.5, 0.6) is 0 Å². The summed E-state index contributed by atoms with van der Waals surface area (Å²) < 4.78 is 17.6. The maximum atomic E-state index is 12.8. The summed E-state index contributed by atoms with van der Waals surface area (Å²) in [5, 5.41) is 0. The van der Waals surface area contributed by atoms with Crippen LogP contribution in [0, 0.1) is 11.2 Å². The van der Waals surface area contributed by atoms with E-state index in [-0.39, 0.29) is 17.7 Å². The zero-order valence-corrected chi connectivity index (χ0v) is 12.4.